The lowest BCUT2D eigenvalue weighted by Crippen LogP contribution is -2.36. The highest BCUT2D eigenvalue weighted by Crippen LogP contribution is 2.31. The van der Waals surface area contributed by atoms with E-state index in [4.69, 9.17) is 0 Å². The third-order valence-corrected chi connectivity index (χ3v) is 4.30. The topological polar surface area (TPSA) is 23.6 Å². The van der Waals surface area contributed by atoms with Crippen LogP contribution < -0.4 is 0 Å². The van der Waals surface area contributed by atoms with E-state index in [9.17, 15) is 4.79 Å². The molecule has 112 valence electrons. The van der Waals surface area contributed by atoms with Gasteiger partial charge in [0.15, 0.2) is 0 Å². The first kappa shape index (κ1) is 14.3. The lowest BCUT2D eigenvalue weighted by atomic mass is 10.2. The Morgan fingerprint density at radius 1 is 1.10 bits per heavy atom. The number of carbonyl (C=O) groups excluding carboxylic acids is 1. The van der Waals surface area contributed by atoms with E-state index in [1.807, 2.05) is 6.07 Å². The zero-order valence-corrected chi connectivity index (χ0v) is 12.6. The number of benzene rings is 1. The van der Waals surface area contributed by atoms with Crippen molar-refractivity contribution < 1.29 is 4.79 Å². The normalized spacial score (nSPS) is 20.7. The van der Waals surface area contributed by atoms with Gasteiger partial charge in [-0.25, -0.2) is 0 Å². The van der Waals surface area contributed by atoms with Crippen molar-refractivity contribution in [2.24, 2.45) is 5.92 Å². The molecule has 0 radical (unpaired) electrons. The second-order valence-corrected chi connectivity index (χ2v) is 6.07. The van der Waals surface area contributed by atoms with Gasteiger partial charge in [-0.1, -0.05) is 42.5 Å². The van der Waals surface area contributed by atoms with Gasteiger partial charge in [0, 0.05) is 38.6 Å². The second kappa shape index (κ2) is 6.90. The first-order valence-electron chi connectivity index (χ1n) is 8.05. The van der Waals surface area contributed by atoms with Crippen molar-refractivity contribution in [1.82, 2.24) is 9.80 Å². The monoisotopic (exact) mass is 284 g/mol. The Morgan fingerprint density at radius 2 is 1.90 bits per heavy atom. The highest BCUT2D eigenvalue weighted by Gasteiger charge is 2.33. The Morgan fingerprint density at radius 3 is 2.67 bits per heavy atom. The lowest BCUT2D eigenvalue weighted by molar-refractivity contribution is -0.132. The molecule has 2 aliphatic rings. The summed E-state index contributed by atoms with van der Waals surface area (Å²) in [6, 6.07) is 10.4. The summed E-state index contributed by atoms with van der Waals surface area (Å²) in [5.74, 6) is 0.756. The number of rotatable bonds is 4. The van der Waals surface area contributed by atoms with E-state index in [-0.39, 0.29) is 0 Å². The van der Waals surface area contributed by atoms with E-state index < -0.39 is 0 Å². The van der Waals surface area contributed by atoms with Gasteiger partial charge in [-0.05, 0) is 24.8 Å². The van der Waals surface area contributed by atoms with Crippen LogP contribution in [0.1, 0.15) is 24.8 Å². The van der Waals surface area contributed by atoms with Crippen LogP contribution >= 0.6 is 0 Å². The van der Waals surface area contributed by atoms with E-state index in [1.165, 1.54) is 5.56 Å². The highest BCUT2D eigenvalue weighted by atomic mass is 16.2. The average Bonchev–Trinajstić information content (AvgIpc) is 3.35. The van der Waals surface area contributed by atoms with Crippen LogP contribution in [0.25, 0.3) is 6.08 Å². The molecule has 1 aromatic carbocycles. The predicted octanol–water partition coefficient (Wildman–Crippen LogP) is 2.64. The van der Waals surface area contributed by atoms with Crippen LogP contribution in [0.4, 0.5) is 0 Å². The van der Waals surface area contributed by atoms with E-state index >= 15 is 0 Å². The molecule has 0 unspecified atom stereocenters. The van der Waals surface area contributed by atoms with E-state index in [1.54, 1.807) is 0 Å². The van der Waals surface area contributed by atoms with E-state index in [0.29, 0.717) is 11.8 Å². The maximum atomic E-state index is 12.1. The van der Waals surface area contributed by atoms with E-state index in [2.05, 4.69) is 46.2 Å². The van der Waals surface area contributed by atoms with Crippen LogP contribution in [0.15, 0.2) is 36.4 Å². The highest BCUT2D eigenvalue weighted by molar-refractivity contribution is 5.81. The summed E-state index contributed by atoms with van der Waals surface area (Å²) in [5, 5.41) is 0. The molecule has 1 aliphatic heterocycles. The first-order valence-corrected chi connectivity index (χ1v) is 8.05. The van der Waals surface area contributed by atoms with Gasteiger partial charge in [0.25, 0.3) is 0 Å². The van der Waals surface area contributed by atoms with Gasteiger partial charge in [0.1, 0.15) is 0 Å². The Bertz CT molecular complexity index is 493. The summed E-state index contributed by atoms with van der Waals surface area (Å²) in [6.07, 6.45) is 7.72. The molecule has 0 N–H and O–H groups in total. The van der Waals surface area contributed by atoms with Crippen LogP contribution in [0.3, 0.4) is 0 Å². The summed E-state index contributed by atoms with van der Waals surface area (Å²) in [5.41, 5.74) is 1.25. The minimum absolute atomic E-state index is 0.356. The molecule has 2 fully saturated rings. The molecule has 0 bridgehead atoms. The fraction of sp³-hybridized carbons (Fsp3) is 0.500. The van der Waals surface area contributed by atoms with Gasteiger partial charge in [-0.2, -0.15) is 0 Å². The summed E-state index contributed by atoms with van der Waals surface area (Å²) in [4.78, 5) is 16.6. The van der Waals surface area contributed by atoms with Crippen molar-refractivity contribution in [2.45, 2.75) is 19.3 Å². The molecular formula is C18H24N2O. The molecule has 1 heterocycles. The van der Waals surface area contributed by atoms with Crippen molar-refractivity contribution >= 4 is 12.0 Å². The van der Waals surface area contributed by atoms with E-state index in [0.717, 1.165) is 52.0 Å². The van der Waals surface area contributed by atoms with Gasteiger partial charge < -0.3 is 4.90 Å². The van der Waals surface area contributed by atoms with Crippen LogP contribution in [0.5, 0.6) is 0 Å². The molecule has 1 aliphatic carbocycles. The van der Waals surface area contributed by atoms with Crippen LogP contribution in [-0.4, -0.2) is 48.4 Å². The molecule has 1 saturated heterocycles. The number of hydrogen-bond donors (Lipinski definition) is 0. The smallest absolute Gasteiger partial charge is 0.225 e. The standard InChI is InChI=1S/C18H24N2O/c21-18(17-9-10-17)20-13-5-12-19(14-15-20)11-4-8-16-6-2-1-3-7-16/h1-4,6-8,17H,5,9-15H2. The molecule has 3 heteroatoms. The van der Waals surface area contributed by atoms with Crippen molar-refractivity contribution in [3.63, 3.8) is 0 Å². The molecule has 1 amide bonds. The van der Waals surface area contributed by atoms with Gasteiger partial charge in [0.05, 0.1) is 0 Å². The number of hydrogen-bond acceptors (Lipinski definition) is 2. The molecular weight excluding hydrogens is 260 g/mol. The second-order valence-electron chi connectivity index (χ2n) is 6.07. The molecule has 3 rings (SSSR count). The Hall–Kier alpha value is -1.61. The molecule has 0 spiro atoms. The third-order valence-electron chi connectivity index (χ3n) is 4.30. The largest absolute Gasteiger partial charge is 0.341 e. The molecule has 21 heavy (non-hydrogen) atoms. The van der Waals surface area contributed by atoms with Gasteiger partial charge in [-0.15, -0.1) is 0 Å². The summed E-state index contributed by atoms with van der Waals surface area (Å²) in [7, 11) is 0. The predicted molar refractivity (Wildman–Crippen MR) is 85.8 cm³/mol. The summed E-state index contributed by atoms with van der Waals surface area (Å²) in [6.45, 7) is 4.90. The minimum atomic E-state index is 0.356. The Labute approximate surface area is 127 Å². The quantitative estimate of drug-likeness (QED) is 0.848. The number of carbonyl (C=O) groups is 1. The maximum Gasteiger partial charge on any atom is 0.225 e. The van der Waals surface area contributed by atoms with Crippen molar-refractivity contribution in [1.29, 1.82) is 0 Å². The maximum absolute atomic E-state index is 12.1. The van der Waals surface area contributed by atoms with Gasteiger partial charge in [0.2, 0.25) is 5.91 Å². The minimum Gasteiger partial charge on any atom is -0.341 e. The van der Waals surface area contributed by atoms with Gasteiger partial charge >= 0.3 is 0 Å². The summed E-state index contributed by atoms with van der Waals surface area (Å²) >= 11 is 0. The van der Waals surface area contributed by atoms with Crippen LogP contribution in [-0.2, 0) is 4.79 Å². The lowest BCUT2D eigenvalue weighted by Gasteiger charge is -2.21. The Kier molecular flexibility index (Phi) is 4.71. The fourth-order valence-corrected chi connectivity index (χ4v) is 2.86. The first-order chi connectivity index (χ1) is 10.3. The Balaban J connectivity index is 1.46. The fourth-order valence-electron chi connectivity index (χ4n) is 2.86. The summed E-state index contributed by atoms with van der Waals surface area (Å²) < 4.78 is 0. The zero-order chi connectivity index (χ0) is 14.5. The SMILES string of the molecule is O=C(C1CC1)N1CCCN(CC=Cc2ccccc2)CC1. The van der Waals surface area contributed by atoms with Crippen molar-refractivity contribution in [3.05, 3.63) is 42.0 Å². The molecule has 0 atom stereocenters. The van der Waals surface area contributed by atoms with Crippen LogP contribution in [0, 0.1) is 5.92 Å². The molecule has 0 aromatic heterocycles. The van der Waals surface area contributed by atoms with Gasteiger partial charge in [-0.3, -0.25) is 9.69 Å². The van der Waals surface area contributed by atoms with Crippen molar-refractivity contribution in [2.75, 3.05) is 32.7 Å². The third kappa shape index (κ3) is 4.18. The number of amides is 1. The average molecular weight is 284 g/mol. The molecule has 3 nitrogen and oxygen atoms in total. The molecule has 1 saturated carbocycles. The molecule has 1 aromatic rings. The zero-order valence-electron chi connectivity index (χ0n) is 12.6. The van der Waals surface area contributed by atoms with Crippen LogP contribution in [0.2, 0.25) is 0 Å². The van der Waals surface area contributed by atoms with Crippen molar-refractivity contribution in [3.8, 4) is 0 Å². The number of nitrogens with zero attached hydrogens (tertiary/aromatic N) is 2.